The summed E-state index contributed by atoms with van der Waals surface area (Å²) in [5, 5.41) is 13.8. The van der Waals surface area contributed by atoms with Crippen LogP contribution < -0.4 is 14.8 Å². The minimum Gasteiger partial charge on any atom is -0.497 e. The van der Waals surface area contributed by atoms with Gasteiger partial charge in [0.05, 0.1) is 30.9 Å². The van der Waals surface area contributed by atoms with E-state index in [1.165, 1.54) is 37.1 Å². The van der Waals surface area contributed by atoms with E-state index in [2.05, 4.69) is 10.3 Å². The summed E-state index contributed by atoms with van der Waals surface area (Å²) in [6.45, 7) is 3.99. The summed E-state index contributed by atoms with van der Waals surface area (Å²) >= 11 is 1.22. The fourth-order valence-corrected chi connectivity index (χ4v) is 4.92. The van der Waals surface area contributed by atoms with Crippen molar-refractivity contribution >= 4 is 45.8 Å². The molecule has 0 aromatic heterocycles. The summed E-state index contributed by atoms with van der Waals surface area (Å²) in [5.74, 6) is 0.291. The van der Waals surface area contributed by atoms with Gasteiger partial charge in [-0.2, -0.15) is 0 Å². The van der Waals surface area contributed by atoms with E-state index in [4.69, 9.17) is 9.47 Å². The van der Waals surface area contributed by atoms with Crippen LogP contribution in [0.2, 0.25) is 0 Å². The number of carbonyl (C=O) groups is 2. The molecular weight excluding hydrogens is 472 g/mol. The quantitative estimate of drug-likeness (QED) is 0.368. The number of amides is 2. The van der Waals surface area contributed by atoms with Gasteiger partial charge in [-0.05, 0) is 49.7 Å². The van der Waals surface area contributed by atoms with Gasteiger partial charge in [0, 0.05) is 12.5 Å². The predicted octanol–water partition coefficient (Wildman–Crippen LogP) is 4.76. The number of anilines is 1. The van der Waals surface area contributed by atoms with Crippen molar-refractivity contribution in [2.45, 2.75) is 44.4 Å². The SMILES string of the molecule is CCCC(C)N1C(=O)C(CC(=O)Nc2ccc(OC)cc2[N+](=O)[O-])SC1=Nc1ccc(OC)cc1. The minimum atomic E-state index is -0.691. The second-order valence-corrected chi connectivity index (χ2v) is 9.11. The van der Waals surface area contributed by atoms with E-state index in [9.17, 15) is 19.7 Å². The standard InChI is InChI=1S/C24H28N4O6S/c1-5-6-15(2)27-23(30)21(35-24(27)25-16-7-9-17(33-3)10-8-16)14-22(29)26-19-12-11-18(34-4)13-20(19)28(31)32/h7-13,15,21H,5-6,14H2,1-4H3,(H,26,29). The van der Waals surface area contributed by atoms with Crippen molar-refractivity contribution in [2.75, 3.05) is 19.5 Å². The van der Waals surface area contributed by atoms with Crippen molar-refractivity contribution < 1.29 is 24.0 Å². The first-order valence-electron chi connectivity index (χ1n) is 11.1. The van der Waals surface area contributed by atoms with Crippen LogP contribution in [-0.4, -0.2) is 52.3 Å². The summed E-state index contributed by atoms with van der Waals surface area (Å²) in [4.78, 5) is 43.2. The molecule has 1 aliphatic rings. The van der Waals surface area contributed by atoms with Crippen LogP contribution >= 0.6 is 11.8 Å². The highest BCUT2D eigenvalue weighted by atomic mass is 32.2. The molecule has 2 atom stereocenters. The number of hydrogen-bond donors (Lipinski definition) is 1. The van der Waals surface area contributed by atoms with Crippen molar-refractivity contribution in [3.63, 3.8) is 0 Å². The largest absolute Gasteiger partial charge is 0.497 e. The Balaban J connectivity index is 1.80. The number of thioether (sulfide) groups is 1. The van der Waals surface area contributed by atoms with Crippen LogP contribution in [-0.2, 0) is 9.59 Å². The van der Waals surface area contributed by atoms with Crippen LogP contribution in [0.4, 0.5) is 17.1 Å². The molecule has 0 spiro atoms. The van der Waals surface area contributed by atoms with Gasteiger partial charge in [-0.3, -0.25) is 24.6 Å². The van der Waals surface area contributed by atoms with E-state index in [0.717, 1.165) is 12.8 Å². The molecule has 10 nitrogen and oxygen atoms in total. The number of nitro benzene ring substituents is 1. The van der Waals surface area contributed by atoms with Crippen LogP contribution in [0, 0.1) is 10.1 Å². The molecule has 0 aliphatic carbocycles. The lowest BCUT2D eigenvalue weighted by atomic mass is 10.1. The van der Waals surface area contributed by atoms with Gasteiger partial charge in [0.1, 0.15) is 22.4 Å². The lowest BCUT2D eigenvalue weighted by Gasteiger charge is -2.24. The van der Waals surface area contributed by atoms with Crippen LogP contribution in [0.5, 0.6) is 11.5 Å². The van der Waals surface area contributed by atoms with Crippen molar-refractivity contribution in [1.82, 2.24) is 4.90 Å². The molecule has 1 saturated heterocycles. The second-order valence-electron chi connectivity index (χ2n) is 7.94. The number of amidine groups is 1. The van der Waals surface area contributed by atoms with Crippen molar-refractivity contribution in [3.8, 4) is 11.5 Å². The van der Waals surface area contributed by atoms with Crippen LogP contribution in [0.3, 0.4) is 0 Å². The van der Waals surface area contributed by atoms with Gasteiger partial charge in [0.15, 0.2) is 5.17 Å². The first-order valence-corrected chi connectivity index (χ1v) is 12.0. The number of aliphatic imine (C=N–C) groups is 1. The number of nitrogens with one attached hydrogen (secondary N) is 1. The maximum atomic E-state index is 13.3. The summed E-state index contributed by atoms with van der Waals surface area (Å²) in [6.07, 6.45) is 1.52. The lowest BCUT2D eigenvalue weighted by molar-refractivity contribution is -0.384. The normalized spacial score (nSPS) is 17.4. The molecule has 1 fully saturated rings. The molecule has 2 aromatic carbocycles. The third-order valence-electron chi connectivity index (χ3n) is 5.46. The average molecular weight is 501 g/mol. The van der Waals surface area contributed by atoms with Crippen LogP contribution in [0.15, 0.2) is 47.5 Å². The van der Waals surface area contributed by atoms with E-state index < -0.39 is 16.1 Å². The Morgan fingerprint density at radius 3 is 2.46 bits per heavy atom. The van der Waals surface area contributed by atoms with Gasteiger partial charge in [-0.1, -0.05) is 25.1 Å². The van der Waals surface area contributed by atoms with Crippen molar-refractivity contribution in [2.24, 2.45) is 4.99 Å². The Kier molecular flexibility index (Phi) is 8.69. The second kappa shape index (κ2) is 11.7. The van der Waals surface area contributed by atoms with E-state index in [1.807, 2.05) is 13.8 Å². The molecule has 1 heterocycles. The molecule has 1 N–H and O–H groups in total. The van der Waals surface area contributed by atoms with Gasteiger partial charge in [0.2, 0.25) is 11.8 Å². The van der Waals surface area contributed by atoms with Gasteiger partial charge < -0.3 is 14.8 Å². The topological polar surface area (TPSA) is 123 Å². The lowest BCUT2D eigenvalue weighted by Crippen LogP contribution is -2.40. The number of carbonyl (C=O) groups excluding carboxylic acids is 2. The third-order valence-corrected chi connectivity index (χ3v) is 6.61. The smallest absolute Gasteiger partial charge is 0.296 e. The van der Waals surface area contributed by atoms with Gasteiger partial charge in [0.25, 0.3) is 5.69 Å². The zero-order valence-electron chi connectivity index (χ0n) is 20.0. The fraction of sp³-hybridized carbons (Fsp3) is 0.375. The van der Waals surface area contributed by atoms with Gasteiger partial charge >= 0.3 is 0 Å². The van der Waals surface area contributed by atoms with Gasteiger partial charge in [-0.25, -0.2) is 4.99 Å². The number of nitro groups is 1. The molecule has 0 bridgehead atoms. The van der Waals surface area contributed by atoms with Crippen molar-refractivity contribution in [3.05, 3.63) is 52.6 Å². The number of ether oxygens (including phenoxy) is 2. The molecule has 35 heavy (non-hydrogen) atoms. The molecular formula is C24H28N4O6S. The number of benzene rings is 2. The minimum absolute atomic E-state index is 0.0413. The summed E-state index contributed by atoms with van der Waals surface area (Å²) in [7, 11) is 2.98. The Labute approximate surface area is 207 Å². The Bertz CT molecular complexity index is 1120. The van der Waals surface area contributed by atoms with E-state index in [-0.39, 0.29) is 29.7 Å². The third kappa shape index (κ3) is 6.30. The maximum Gasteiger partial charge on any atom is 0.296 e. The van der Waals surface area contributed by atoms with E-state index in [0.29, 0.717) is 22.4 Å². The molecule has 2 amide bonds. The maximum absolute atomic E-state index is 13.3. The molecule has 186 valence electrons. The Morgan fingerprint density at radius 1 is 1.20 bits per heavy atom. The van der Waals surface area contributed by atoms with Crippen LogP contribution in [0.1, 0.15) is 33.1 Å². The summed E-state index contributed by atoms with van der Waals surface area (Å²) < 4.78 is 10.2. The molecule has 0 radical (unpaired) electrons. The van der Waals surface area contributed by atoms with E-state index in [1.54, 1.807) is 36.3 Å². The first-order chi connectivity index (χ1) is 16.8. The molecule has 2 aromatic rings. The highest BCUT2D eigenvalue weighted by Crippen LogP contribution is 2.35. The Hall–Kier alpha value is -3.60. The predicted molar refractivity (Wildman–Crippen MR) is 136 cm³/mol. The average Bonchev–Trinajstić information content (AvgIpc) is 3.13. The fourth-order valence-electron chi connectivity index (χ4n) is 3.68. The highest BCUT2D eigenvalue weighted by Gasteiger charge is 2.41. The molecule has 2 unspecified atom stereocenters. The number of hydrogen-bond acceptors (Lipinski definition) is 8. The monoisotopic (exact) mass is 500 g/mol. The Morgan fingerprint density at radius 2 is 1.86 bits per heavy atom. The zero-order valence-corrected chi connectivity index (χ0v) is 20.8. The molecule has 11 heteroatoms. The first kappa shape index (κ1) is 26.0. The number of methoxy groups -OCH3 is 2. The number of rotatable bonds is 10. The summed E-state index contributed by atoms with van der Waals surface area (Å²) in [6, 6.07) is 11.2. The zero-order chi connectivity index (χ0) is 25.5. The highest BCUT2D eigenvalue weighted by molar-refractivity contribution is 8.15. The van der Waals surface area contributed by atoms with Crippen LogP contribution in [0.25, 0.3) is 0 Å². The van der Waals surface area contributed by atoms with Gasteiger partial charge in [-0.15, -0.1) is 0 Å². The van der Waals surface area contributed by atoms with Crippen molar-refractivity contribution in [1.29, 1.82) is 0 Å². The molecule has 1 aliphatic heterocycles. The number of nitrogens with zero attached hydrogens (tertiary/aromatic N) is 3. The molecule has 0 saturated carbocycles. The summed E-state index contributed by atoms with van der Waals surface area (Å²) in [5.41, 5.74) is 0.413. The molecule has 3 rings (SSSR count). The van der Waals surface area contributed by atoms with E-state index >= 15 is 0 Å².